The van der Waals surface area contributed by atoms with E-state index >= 15 is 0 Å². The molecule has 0 N–H and O–H groups in total. The van der Waals surface area contributed by atoms with Crippen LogP contribution in [0.15, 0.2) is 243 Å². The minimum Gasteiger partial charge on any atom is -0.311 e. The standard InChI is InChI=1S/C55H40N4/c1-5-15-46(16-6-1)57(47-17-7-2-8-18-47)50-35-29-42(30-36-50)41-25-27-45(28-26-41)55-56-53-23-13-14-24-54(53)59(55)52-39-33-44(34-40-52)43-31-37-51(38-32-43)58(48-19-9-3-10-20-48)49-21-11-4-12-22-49/h1-40H. The first kappa shape index (κ1) is 35.5. The number of hydrogen-bond acceptors (Lipinski definition) is 3. The Kier molecular flexibility index (Phi) is 9.55. The molecule has 0 saturated carbocycles. The minimum absolute atomic E-state index is 0.911. The Hall–Kier alpha value is -7.95. The molecule has 4 nitrogen and oxygen atoms in total. The fraction of sp³-hybridized carbons (Fsp3) is 0. The molecule has 0 amide bonds. The highest BCUT2D eigenvalue weighted by molar-refractivity contribution is 5.85. The number of rotatable bonds is 10. The molecular weight excluding hydrogens is 717 g/mol. The van der Waals surface area contributed by atoms with Gasteiger partial charge in [-0.05, 0) is 119 Å². The zero-order chi connectivity index (χ0) is 39.4. The maximum absolute atomic E-state index is 5.16. The van der Waals surface area contributed by atoms with Gasteiger partial charge in [-0.15, -0.1) is 0 Å². The molecule has 0 fully saturated rings. The summed E-state index contributed by atoms with van der Waals surface area (Å²) in [6.07, 6.45) is 0. The monoisotopic (exact) mass is 756 g/mol. The summed E-state index contributed by atoms with van der Waals surface area (Å²) in [6, 6.07) is 85.6. The molecule has 10 rings (SSSR count). The smallest absolute Gasteiger partial charge is 0.145 e. The van der Waals surface area contributed by atoms with Gasteiger partial charge in [-0.1, -0.05) is 146 Å². The minimum atomic E-state index is 0.911. The summed E-state index contributed by atoms with van der Waals surface area (Å²) in [6.45, 7) is 0. The van der Waals surface area contributed by atoms with Crippen molar-refractivity contribution in [3.63, 3.8) is 0 Å². The Morgan fingerprint density at radius 3 is 0.983 bits per heavy atom. The lowest BCUT2D eigenvalue weighted by molar-refractivity contribution is 1.10. The lowest BCUT2D eigenvalue weighted by Gasteiger charge is -2.25. The van der Waals surface area contributed by atoms with E-state index < -0.39 is 0 Å². The molecule has 0 saturated heterocycles. The quantitative estimate of drug-likeness (QED) is 0.139. The molecule has 0 bridgehead atoms. The lowest BCUT2D eigenvalue weighted by Crippen LogP contribution is -2.09. The number of fused-ring (bicyclic) bond motifs is 1. The normalized spacial score (nSPS) is 11.1. The highest BCUT2D eigenvalue weighted by atomic mass is 15.1. The molecule has 0 unspecified atom stereocenters. The zero-order valence-electron chi connectivity index (χ0n) is 32.4. The molecule has 10 aromatic rings. The number of benzene rings is 9. The summed E-state index contributed by atoms with van der Waals surface area (Å²) in [5.41, 5.74) is 15.5. The topological polar surface area (TPSA) is 24.3 Å². The molecular formula is C55H40N4. The first-order chi connectivity index (χ1) is 29.3. The molecule has 1 heterocycles. The third-order valence-corrected chi connectivity index (χ3v) is 10.8. The fourth-order valence-corrected chi connectivity index (χ4v) is 7.90. The van der Waals surface area contributed by atoms with E-state index in [0.29, 0.717) is 0 Å². The molecule has 0 atom stereocenters. The Labute approximate surface area is 345 Å². The zero-order valence-corrected chi connectivity index (χ0v) is 32.4. The van der Waals surface area contributed by atoms with E-state index in [1.165, 1.54) is 0 Å². The number of imidazole rings is 1. The van der Waals surface area contributed by atoms with Gasteiger partial charge in [0, 0.05) is 45.4 Å². The number of para-hydroxylation sites is 6. The number of anilines is 6. The van der Waals surface area contributed by atoms with Crippen LogP contribution in [0.2, 0.25) is 0 Å². The van der Waals surface area contributed by atoms with Crippen LogP contribution < -0.4 is 9.80 Å². The molecule has 0 spiro atoms. The Morgan fingerprint density at radius 1 is 0.271 bits per heavy atom. The van der Waals surface area contributed by atoms with Crippen molar-refractivity contribution < 1.29 is 0 Å². The molecule has 9 aromatic carbocycles. The average Bonchev–Trinajstić information content (AvgIpc) is 3.71. The molecule has 280 valence electrons. The predicted octanol–water partition coefficient (Wildman–Crippen LogP) is 15.0. The van der Waals surface area contributed by atoms with Crippen LogP contribution in [-0.2, 0) is 0 Å². The Bertz CT molecular complexity index is 2850. The highest BCUT2D eigenvalue weighted by Crippen LogP contribution is 2.38. The highest BCUT2D eigenvalue weighted by Gasteiger charge is 2.17. The van der Waals surface area contributed by atoms with Crippen LogP contribution in [0.4, 0.5) is 34.1 Å². The van der Waals surface area contributed by atoms with Crippen LogP contribution >= 0.6 is 0 Å². The van der Waals surface area contributed by atoms with E-state index in [-0.39, 0.29) is 0 Å². The van der Waals surface area contributed by atoms with Crippen molar-refractivity contribution >= 4 is 45.2 Å². The second-order valence-corrected chi connectivity index (χ2v) is 14.5. The first-order valence-corrected chi connectivity index (χ1v) is 20.0. The summed E-state index contributed by atoms with van der Waals surface area (Å²) in [5.74, 6) is 0.911. The van der Waals surface area contributed by atoms with Crippen molar-refractivity contribution in [2.45, 2.75) is 0 Å². The van der Waals surface area contributed by atoms with E-state index in [0.717, 1.165) is 84.5 Å². The van der Waals surface area contributed by atoms with Gasteiger partial charge >= 0.3 is 0 Å². The number of nitrogens with zero attached hydrogens (tertiary/aromatic N) is 4. The van der Waals surface area contributed by atoms with E-state index in [1.54, 1.807) is 0 Å². The average molecular weight is 757 g/mol. The maximum Gasteiger partial charge on any atom is 0.145 e. The number of aromatic nitrogens is 2. The molecule has 1 aromatic heterocycles. The summed E-state index contributed by atoms with van der Waals surface area (Å²) < 4.78 is 2.27. The molecule has 4 heteroatoms. The third-order valence-electron chi connectivity index (χ3n) is 10.8. The van der Waals surface area contributed by atoms with Gasteiger partial charge in [0.15, 0.2) is 0 Å². The first-order valence-electron chi connectivity index (χ1n) is 20.0. The SMILES string of the molecule is c1ccc(N(c2ccccc2)c2ccc(-c3ccc(-c4nc5ccccc5n4-c4ccc(-c5ccc(N(c6ccccc6)c6ccccc6)cc5)cc4)cc3)cc2)cc1. The van der Waals surface area contributed by atoms with Crippen LogP contribution in [0.1, 0.15) is 0 Å². The van der Waals surface area contributed by atoms with Gasteiger partial charge < -0.3 is 9.80 Å². The Balaban J connectivity index is 0.926. The molecule has 0 radical (unpaired) electrons. The van der Waals surface area contributed by atoms with Crippen molar-refractivity contribution in [2.24, 2.45) is 0 Å². The maximum atomic E-state index is 5.16. The van der Waals surface area contributed by atoms with Crippen LogP contribution in [0.3, 0.4) is 0 Å². The largest absolute Gasteiger partial charge is 0.311 e. The predicted molar refractivity (Wildman–Crippen MR) is 247 cm³/mol. The molecule has 0 aliphatic carbocycles. The van der Waals surface area contributed by atoms with Crippen molar-refractivity contribution in [3.05, 3.63) is 243 Å². The van der Waals surface area contributed by atoms with Crippen LogP contribution in [0.25, 0.3) is 50.4 Å². The van der Waals surface area contributed by atoms with E-state index in [1.807, 2.05) is 0 Å². The molecule has 0 aliphatic rings. The fourth-order valence-electron chi connectivity index (χ4n) is 7.90. The van der Waals surface area contributed by atoms with Gasteiger partial charge in [0.05, 0.1) is 11.0 Å². The van der Waals surface area contributed by atoms with Crippen LogP contribution in [0, 0.1) is 0 Å². The molecule has 59 heavy (non-hydrogen) atoms. The van der Waals surface area contributed by atoms with E-state index in [4.69, 9.17) is 4.98 Å². The van der Waals surface area contributed by atoms with E-state index in [9.17, 15) is 0 Å². The van der Waals surface area contributed by atoms with Crippen LogP contribution in [-0.4, -0.2) is 9.55 Å². The summed E-state index contributed by atoms with van der Waals surface area (Å²) in [4.78, 5) is 9.73. The van der Waals surface area contributed by atoms with E-state index in [2.05, 4.69) is 257 Å². The van der Waals surface area contributed by atoms with Gasteiger partial charge in [-0.25, -0.2) is 4.98 Å². The van der Waals surface area contributed by atoms with Gasteiger partial charge in [-0.2, -0.15) is 0 Å². The van der Waals surface area contributed by atoms with Gasteiger partial charge in [0.25, 0.3) is 0 Å². The van der Waals surface area contributed by atoms with Gasteiger partial charge in [0.1, 0.15) is 5.82 Å². The summed E-state index contributed by atoms with van der Waals surface area (Å²) in [7, 11) is 0. The van der Waals surface area contributed by atoms with Gasteiger partial charge in [0.2, 0.25) is 0 Å². The second-order valence-electron chi connectivity index (χ2n) is 14.5. The third kappa shape index (κ3) is 7.16. The summed E-state index contributed by atoms with van der Waals surface area (Å²) >= 11 is 0. The lowest BCUT2D eigenvalue weighted by atomic mass is 10.0. The second kappa shape index (κ2) is 15.9. The summed E-state index contributed by atoms with van der Waals surface area (Å²) in [5, 5.41) is 0. The van der Waals surface area contributed by atoms with Crippen molar-refractivity contribution in [2.75, 3.05) is 9.80 Å². The number of hydrogen-bond donors (Lipinski definition) is 0. The van der Waals surface area contributed by atoms with Crippen molar-refractivity contribution in [1.29, 1.82) is 0 Å². The molecule has 0 aliphatic heterocycles. The van der Waals surface area contributed by atoms with Crippen molar-refractivity contribution in [1.82, 2.24) is 9.55 Å². The van der Waals surface area contributed by atoms with Gasteiger partial charge in [-0.3, -0.25) is 4.57 Å². The van der Waals surface area contributed by atoms with Crippen molar-refractivity contribution in [3.8, 4) is 39.3 Å². The van der Waals surface area contributed by atoms with Crippen LogP contribution in [0.5, 0.6) is 0 Å². The Morgan fingerprint density at radius 2 is 0.576 bits per heavy atom.